The van der Waals surface area contributed by atoms with Crippen LogP contribution in [0.4, 0.5) is 5.69 Å². The molecule has 0 radical (unpaired) electrons. The summed E-state index contributed by atoms with van der Waals surface area (Å²) in [4.78, 5) is 36.4. The second-order valence-electron chi connectivity index (χ2n) is 7.70. The third kappa shape index (κ3) is 2.69. The zero-order chi connectivity index (χ0) is 20.9. The molecule has 0 atom stereocenters. The quantitative estimate of drug-likeness (QED) is 0.480. The van der Waals surface area contributed by atoms with Gasteiger partial charge in [-0.25, -0.2) is 4.98 Å². The smallest absolute Gasteiger partial charge is 0.262 e. The van der Waals surface area contributed by atoms with E-state index in [2.05, 4.69) is 4.98 Å². The SMILES string of the molecule is O=C1Cn2c(nc3ccccc3c2=O)-c2ccccc2N1Cc1c[nH]c2ccccc12. The number of nitrogens with zero attached hydrogens (tertiary/aromatic N) is 3. The van der Waals surface area contributed by atoms with Gasteiger partial charge in [0, 0.05) is 22.7 Å². The molecule has 6 nitrogen and oxygen atoms in total. The fraction of sp³-hybridized carbons (Fsp3) is 0.0800. The number of benzene rings is 3. The Hall–Kier alpha value is -4.19. The van der Waals surface area contributed by atoms with E-state index >= 15 is 0 Å². The molecule has 0 fully saturated rings. The van der Waals surface area contributed by atoms with Crippen LogP contribution in [0.1, 0.15) is 5.56 Å². The Kier molecular flexibility index (Phi) is 3.80. The highest BCUT2D eigenvalue weighted by Crippen LogP contribution is 2.34. The summed E-state index contributed by atoms with van der Waals surface area (Å²) in [6.45, 7) is 0.352. The Balaban J connectivity index is 1.55. The first-order valence-electron chi connectivity index (χ1n) is 10.1. The molecule has 31 heavy (non-hydrogen) atoms. The number of hydrogen-bond donors (Lipinski definition) is 1. The Morgan fingerprint density at radius 3 is 2.52 bits per heavy atom. The minimum absolute atomic E-state index is 0.0525. The number of aromatic amines is 1. The standard InChI is InChI=1S/C25H18N4O2/c30-23-15-29-24(27-21-11-5-2-8-18(21)25(29)31)19-9-3-6-12-22(19)28(23)14-16-13-26-20-10-4-1-7-17(16)20/h1-13,26H,14-15H2. The first-order chi connectivity index (χ1) is 15.2. The van der Waals surface area contributed by atoms with Crippen LogP contribution in [0.25, 0.3) is 33.2 Å². The van der Waals surface area contributed by atoms with Gasteiger partial charge in [-0.05, 0) is 35.9 Å². The number of carbonyl (C=O) groups excluding carboxylic acids is 1. The molecule has 3 heterocycles. The van der Waals surface area contributed by atoms with Crippen molar-refractivity contribution in [2.75, 3.05) is 4.90 Å². The maximum atomic E-state index is 13.4. The number of para-hydroxylation sites is 3. The van der Waals surface area contributed by atoms with E-state index in [4.69, 9.17) is 4.98 Å². The van der Waals surface area contributed by atoms with Crippen molar-refractivity contribution in [1.29, 1.82) is 0 Å². The van der Waals surface area contributed by atoms with Gasteiger partial charge in [0.15, 0.2) is 0 Å². The molecule has 0 bridgehead atoms. The number of aromatic nitrogens is 3. The van der Waals surface area contributed by atoms with Gasteiger partial charge in [-0.1, -0.05) is 42.5 Å². The Morgan fingerprint density at radius 1 is 0.871 bits per heavy atom. The van der Waals surface area contributed by atoms with Crippen molar-refractivity contribution in [3.05, 3.63) is 94.9 Å². The predicted octanol–water partition coefficient (Wildman–Crippen LogP) is 4.09. The molecule has 0 aliphatic carbocycles. The molecule has 5 aromatic rings. The fourth-order valence-corrected chi connectivity index (χ4v) is 4.38. The van der Waals surface area contributed by atoms with E-state index in [1.165, 1.54) is 4.57 Å². The molecule has 0 saturated heterocycles. The van der Waals surface area contributed by atoms with Crippen LogP contribution < -0.4 is 10.5 Å². The van der Waals surface area contributed by atoms with Gasteiger partial charge in [-0.3, -0.25) is 14.2 Å². The second kappa shape index (κ2) is 6.67. The summed E-state index contributed by atoms with van der Waals surface area (Å²) in [6.07, 6.45) is 1.94. The monoisotopic (exact) mass is 406 g/mol. The number of rotatable bonds is 2. The van der Waals surface area contributed by atoms with Crippen molar-refractivity contribution >= 4 is 33.4 Å². The van der Waals surface area contributed by atoms with Crippen LogP contribution in [0, 0.1) is 0 Å². The fourth-order valence-electron chi connectivity index (χ4n) is 4.38. The van der Waals surface area contributed by atoms with Gasteiger partial charge in [-0.2, -0.15) is 0 Å². The third-order valence-electron chi connectivity index (χ3n) is 5.90. The Labute approximate surface area is 177 Å². The van der Waals surface area contributed by atoms with E-state index in [0.29, 0.717) is 23.3 Å². The van der Waals surface area contributed by atoms with Crippen LogP contribution in [0.2, 0.25) is 0 Å². The van der Waals surface area contributed by atoms with Crippen molar-refractivity contribution in [3.63, 3.8) is 0 Å². The summed E-state index contributed by atoms with van der Waals surface area (Å²) in [6, 6.07) is 22.9. The molecule has 1 amide bonds. The second-order valence-corrected chi connectivity index (χ2v) is 7.70. The molecule has 6 rings (SSSR count). The molecule has 0 spiro atoms. The maximum Gasteiger partial charge on any atom is 0.262 e. The van der Waals surface area contributed by atoms with E-state index in [-0.39, 0.29) is 18.0 Å². The van der Waals surface area contributed by atoms with Gasteiger partial charge in [0.25, 0.3) is 5.56 Å². The number of anilines is 1. The summed E-state index contributed by atoms with van der Waals surface area (Å²) < 4.78 is 1.50. The molecule has 1 N–H and O–H groups in total. The largest absolute Gasteiger partial charge is 0.361 e. The van der Waals surface area contributed by atoms with Crippen LogP contribution in [0.3, 0.4) is 0 Å². The topological polar surface area (TPSA) is 71.0 Å². The maximum absolute atomic E-state index is 13.4. The number of hydrogen-bond acceptors (Lipinski definition) is 3. The first kappa shape index (κ1) is 17.7. The molecule has 0 unspecified atom stereocenters. The molecular weight excluding hydrogens is 388 g/mol. The zero-order valence-electron chi connectivity index (χ0n) is 16.6. The van der Waals surface area contributed by atoms with Crippen LogP contribution >= 0.6 is 0 Å². The van der Waals surface area contributed by atoms with Crippen LogP contribution in [0.15, 0.2) is 83.8 Å². The molecular formula is C25H18N4O2. The number of fused-ring (bicyclic) bond motifs is 5. The summed E-state index contributed by atoms with van der Waals surface area (Å²) in [7, 11) is 0. The van der Waals surface area contributed by atoms with Crippen LogP contribution in [-0.2, 0) is 17.9 Å². The lowest BCUT2D eigenvalue weighted by Gasteiger charge is -2.22. The van der Waals surface area contributed by atoms with Gasteiger partial charge in [0.1, 0.15) is 12.4 Å². The molecule has 0 saturated carbocycles. The van der Waals surface area contributed by atoms with E-state index in [1.807, 2.05) is 72.9 Å². The number of amides is 1. The third-order valence-corrected chi connectivity index (χ3v) is 5.90. The number of carbonyl (C=O) groups is 1. The molecule has 6 heteroatoms. The lowest BCUT2D eigenvalue weighted by Crippen LogP contribution is -2.34. The van der Waals surface area contributed by atoms with Crippen LogP contribution in [-0.4, -0.2) is 20.4 Å². The van der Waals surface area contributed by atoms with Gasteiger partial charge in [0.05, 0.1) is 23.1 Å². The molecule has 1 aliphatic rings. The summed E-state index contributed by atoms with van der Waals surface area (Å²) in [5, 5.41) is 1.59. The van der Waals surface area contributed by atoms with Crippen molar-refractivity contribution in [1.82, 2.24) is 14.5 Å². The lowest BCUT2D eigenvalue weighted by molar-refractivity contribution is -0.119. The molecule has 3 aromatic carbocycles. The minimum atomic E-state index is -0.197. The van der Waals surface area contributed by atoms with Gasteiger partial charge >= 0.3 is 0 Å². The van der Waals surface area contributed by atoms with Crippen molar-refractivity contribution in [2.45, 2.75) is 13.1 Å². The van der Waals surface area contributed by atoms with E-state index < -0.39 is 0 Å². The number of nitrogens with one attached hydrogen (secondary N) is 1. The Morgan fingerprint density at radius 2 is 1.61 bits per heavy atom. The highest BCUT2D eigenvalue weighted by molar-refractivity contribution is 6.00. The highest BCUT2D eigenvalue weighted by atomic mass is 16.2. The summed E-state index contributed by atoms with van der Waals surface area (Å²) in [5.41, 5.74) is 4.02. The average molecular weight is 406 g/mol. The van der Waals surface area contributed by atoms with Crippen molar-refractivity contribution in [3.8, 4) is 11.4 Å². The van der Waals surface area contributed by atoms with E-state index in [0.717, 1.165) is 27.7 Å². The minimum Gasteiger partial charge on any atom is -0.361 e. The normalized spacial score (nSPS) is 13.3. The van der Waals surface area contributed by atoms with E-state index in [1.54, 1.807) is 11.0 Å². The zero-order valence-corrected chi connectivity index (χ0v) is 16.6. The van der Waals surface area contributed by atoms with Crippen LogP contribution in [0.5, 0.6) is 0 Å². The van der Waals surface area contributed by atoms with Crippen molar-refractivity contribution < 1.29 is 4.79 Å². The molecule has 150 valence electrons. The Bertz CT molecular complexity index is 1550. The predicted molar refractivity (Wildman–Crippen MR) is 121 cm³/mol. The lowest BCUT2D eigenvalue weighted by atomic mass is 10.1. The first-order valence-corrected chi connectivity index (χ1v) is 10.1. The van der Waals surface area contributed by atoms with Gasteiger partial charge in [0.2, 0.25) is 5.91 Å². The summed E-state index contributed by atoms with van der Waals surface area (Å²) in [5.74, 6) is 0.379. The number of H-pyrrole nitrogens is 1. The molecule has 2 aromatic heterocycles. The van der Waals surface area contributed by atoms with Crippen molar-refractivity contribution in [2.24, 2.45) is 0 Å². The van der Waals surface area contributed by atoms with E-state index in [9.17, 15) is 9.59 Å². The van der Waals surface area contributed by atoms with Gasteiger partial charge in [-0.15, -0.1) is 0 Å². The van der Waals surface area contributed by atoms with Gasteiger partial charge < -0.3 is 9.88 Å². The average Bonchev–Trinajstić information content (AvgIpc) is 3.17. The summed E-state index contributed by atoms with van der Waals surface area (Å²) >= 11 is 0. The molecule has 1 aliphatic heterocycles. The highest BCUT2D eigenvalue weighted by Gasteiger charge is 2.28.